The second-order valence-electron chi connectivity index (χ2n) is 9.35. The van der Waals surface area contributed by atoms with Crippen molar-refractivity contribution in [2.45, 2.75) is 33.4 Å². The zero-order valence-corrected chi connectivity index (χ0v) is 25.5. The van der Waals surface area contributed by atoms with Crippen LogP contribution in [-0.2, 0) is 16.6 Å². The van der Waals surface area contributed by atoms with Crippen molar-refractivity contribution in [3.05, 3.63) is 87.8 Å². The first-order valence-corrected chi connectivity index (χ1v) is 16.0. The smallest absolute Gasteiger partial charge is 0.214 e. The number of thiazole rings is 1. The number of ether oxygens (including phenoxy) is 1. The molecular formula is C29H28ClFN6O3S2. The number of sulfonamides is 1. The van der Waals surface area contributed by atoms with Crippen LogP contribution in [0.3, 0.4) is 0 Å². The van der Waals surface area contributed by atoms with Crippen LogP contribution in [0.25, 0.3) is 22.3 Å². The molecule has 0 fully saturated rings. The Kier molecular flexibility index (Phi) is 8.97. The van der Waals surface area contributed by atoms with Crippen molar-refractivity contribution in [3.8, 4) is 17.1 Å². The van der Waals surface area contributed by atoms with Crippen molar-refractivity contribution < 1.29 is 17.5 Å². The lowest BCUT2D eigenvalue weighted by Crippen LogP contribution is -2.34. The van der Waals surface area contributed by atoms with Crippen LogP contribution in [0.1, 0.15) is 37.4 Å². The second kappa shape index (κ2) is 12.7. The van der Waals surface area contributed by atoms with Crippen LogP contribution >= 0.6 is 22.9 Å². The number of halogens is 2. The molecule has 0 amide bonds. The number of benzene rings is 2. The van der Waals surface area contributed by atoms with Gasteiger partial charge in [-0.05, 0) is 55.8 Å². The Labute approximate surface area is 252 Å². The van der Waals surface area contributed by atoms with Crippen LogP contribution in [0.15, 0.2) is 66.4 Å². The Morgan fingerprint density at radius 3 is 2.67 bits per heavy atom. The Morgan fingerprint density at radius 1 is 1.10 bits per heavy atom. The van der Waals surface area contributed by atoms with Gasteiger partial charge >= 0.3 is 0 Å². The number of pyridine rings is 1. The van der Waals surface area contributed by atoms with Crippen LogP contribution in [0, 0.1) is 5.82 Å². The van der Waals surface area contributed by atoms with E-state index in [-0.39, 0.29) is 18.2 Å². The number of nitrogens with one attached hydrogen (secondary N) is 1. The molecule has 13 heteroatoms. The molecule has 218 valence electrons. The van der Waals surface area contributed by atoms with E-state index in [1.54, 1.807) is 43.5 Å². The van der Waals surface area contributed by atoms with E-state index in [1.165, 1.54) is 34.1 Å². The Morgan fingerprint density at radius 2 is 1.93 bits per heavy atom. The van der Waals surface area contributed by atoms with Gasteiger partial charge in [-0.2, -0.15) is 4.31 Å². The molecule has 42 heavy (non-hydrogen) atoms. The zero-order chi connectivity index (χ0) is 29.9. The average Bonchev–Trinajstić information content (AvgIpc) is 3.48. The molecule has 0 spiro atoms. The molecule has 0 bridgehead atoms. The molecule has 0 radical (unpaired) electrons. The maximum atomic E-state index is 13.5. The molecule has 3 heterocycles. The molecule has 1 N–H and O–H groups in total. The average molecular weight is 627 g/mol. The number of nitrogens with zero attached hydrogens (tertiary/aromatic N) is 5. The maximum Gasteiger partial charge on any atom is 0.214 e. The fourth-order valence-electron chi connectivity index (χ4n) is 4.42. The molecule has 0 saturated carbocycles. The van der Waals surface area contributed by atoms with Crippen molar-refractivity contribution in [1.29, 1.82) is 0 Å². The predicted octanol–water partition coefficient (Wildman–Crippen LogP) is 7.00. The number of anilines is 2. The minimum atomic E-state index is -3.37. The van der Waals surface area contributed by atoms with E-state index in [4.69, 9.17) is 21.3 Å². The molecule has 1 unspecified atom stereocenters. The van der Waals surface area contributed by atoms with E-state index in [0.29, 0.717) is 56.3 Å². The highest BCUT2D eigenvalue weighted by molar-refractivity contribution is 7.89. The highest BCUT2D eigenvalue weighted by Crippen LogP contribution is 2.33. The summed E-state index contributed by atoms with van der Waals surface area (Å²) in [7, 11) is -3.37. The lowest BCUT2D eigenvalue weighted by Gasteiger charge is -2.25. The highest BCUT2D eigenvalue weighted by Gasteiger charge is 2.27. The summed E-state index contributed by atoms with van der Waals surface area (Å²) in [6, 6.07) is 12.9. The molecule has 0 aliphatic rings. The van der Waals surface area contributed by atoms with Crippen LogP contribution in [0.2, 0.25) is 5.02 Å². The fraction of sp³-hybridized carbons (Fsp3) is 0.241. The molecular weight excluding hydrogens is 599 g/mol. The third-order valence-corrected chi connectivity index (χ3v) is 9.94. The van der Waals surface area contributed by atoms with Gasteiger partial charge in [-0.25, -0.2) is 27.8 Å². The van der Waals surface area contributed by atoms with Crippen LogP contribution in [0.4, 0.5) is 15.9 Å². The van der Waals surface area contributed by atoms with Gasteiger partial charge in [0.05, 0.1) is 39.9 Å². The zero-order valence-electron chi connectivity index (χ0n) is 23.1. The first-order valence-electron chi connectivity index (χ1n) is 13.2. The van der Waals surface area contributed by atoms with E-state index in [0.717, 1.165) is 5.39 Å². The van der Waals surface area contributed by atoms with Gasteiger partial charge in [0.25, 0.3) is 0 Å². The molecule has 0 aliphatic heterocycles. The summed E-state index contributed by atoms with van der Waals surface area (Å²) in [6.45, 7) is 5.83. The van der Waals surface area contributed by atoms with Crippen molar-refractivity contribution in [2.75, 3.05) is 17.6 Å². The van der Waals surface area contributed by atoms with Gasteiger partial charge in [-0.15, -0.1) is 11.3 Å². The van der Waals surface area contributed by atoms with Crippen molar-refractivity contribution in [2.24, 2.45) is 0 Å². The summed E-state index contributed by atoms with van der Waals surface area (Å²) in [5.41, 5.74) is 3.24. The lowest BCUT2D eigenvalue weighted by molar-refractivity contribution is 0.306. The van der Waals surface area contributed by atoms with E-state index in [2.05, 4.69) is 20.3 Å². The first kappa shape index (κ1) is 29.8. The normalized spacial score (nSPS) is 12.5. The first-order chi connectivity index (χ1) is 20.2. The molecule has 0 saturated heterocycles. The highest BCUT2D eigenvalue weighted by atomic mass is 35.5. The maximum absolute atomic E-state index is 13.5. The topological polar surface area (TPSA) is 110 Å². The standard InChI is InChI=1S/C29H28ClFN6O3S2/c1-4-37(42(38,39)5-2)18(3)29-36-26(16-41-29)24-13-22-25(14-32-24)33-17-34-28(22)35-21-9-10-27(23(30)12-21)40-15-19-7-6-8-20(31)11-19/h6-14,16-18H,4-5,15H2,1-3H3,(H,33,34,35). The summed E-state index contributed by atoms with van der Waals surface area (Å²) >= 11 is 7.88. The van der Waals surface area contributed by atoms with Gasteiger partial charge in [0.15, 0.2) is 0 Å². The van der Waals surface area contributed by atoms with Gasteiger partial charge in [0.1, 0.15) is 35.3 Å². The van der Waals surface area contributed by atoms with Gasteiger partial charge in [-0.1, -0.05) is 30.7 Å². The fourth-order valence-corrected chi connectivity index (χ4v) is 6.91. The summed E-state index contributed by atoms with van der Waals surface area (Å²) in [5, 5.41) is 6.93. The number of aromatic nitrogens is 4. The van der Waals surface area contributed by atoms with Gasteiger partial charge in [0.2, 0.25) is 10.0 Å². The van der Waals surface area contributed by atoms with Crippen LogP contribution in [0.5, 0.6) is 5.75 Å². The van der Waals surface area contributed by atoms with E-state index in [9.17, 15) is 12.8 Å². The molecule has 9 nitrogen and oxygen atoms in total. The predicted molar refractivity (Wildman–Crippen MR) is 164 cm³/mol. The van der Waals surface area contributed by atoms with Gasteiger partial charge in [0, 0.05) is 23.0 Å². The Hall–Kier alpha value is -3.71. The third-order valence-electron chi connectivity index (χ3n) is 6.61. The van der Waals surface area contributed by atoms with Gasteiger partial charge in [-0.3, -0.25) is 4.98 Å². The number of hydrogen-bond donors (Lipinski definition) is 1. The van der Waals surface area contributed by atoms with Crippen molar-refractivity contribution in [1.82, 2.24) is 24.2 Å². The summed E-state index contributed by atoms with van der Waals surface area (Å²) < 4.78 is 45.8. The van der Waals surface area contributed by atoms with E-state index < -0.39 is 16.1 Å². The molecule has 5 rings (SSSR count). The molecule has 1 atom stereocenters. The molecule has 2 aromatic carbocycles. The summed E-state index contributed by atoms with van der Waals surface area (Å²) in [6.07, 6.45) is 3.09. The molecule has 0 aliphatic carbocycles. The van der Waals surface area contributed by atoms with Crippen LogP contribution in [-0.4, -0.2) is 45.0 Å². The summed E-state index contributed by atoms with van der Waals surface area (Å²) in [5.74, 6) is 0.713. The SMILES string of the molecule is CCN(C(C)c1nc(-c2cc3c(Nc4ccc(OCc5cccc(F)c5)c(Cl)c4)ncnc3cn2)cs1)S(=O)(=O)CC. The van der Waals surface area contributed by atoms with Crippen molar-refractivity contribution in [3.63, 3.8) is 0 Å². The second-order valence-corrected chi connectivity index (χ2v) is 12.9. The monoisotopic (exact) mass is 626 g/mol. The van der Waals surface area contributed by atoms with Crippen LogP contribution < -0.4 is 10.1 Å². The quantitative estimate of drug-likeness (QED) is 0.167. The Bertz CT molecular complexity index is 1840. The minimum absolute atomic E-state index is 0.0291. The Balaban J connectivity index is 1.37. The van der Waals surface area contributed by atoms with E-state index in [1.807, 2.05) is 25.3 Å². The number of hydrogen-bond acceptors (Lipinski definition) is 9. The molecule has 5 aromatic rings. The largest absolute Gasteiger partial charge is 0.487 e. The molecule has 3 aromatic heterocycles. The minimum Gasteiger partial charge on any atom is -0.487 e. The third kappa shape index (κ3) is 6.51. The summed E-state index contributed by atoms with van der Waals surface area (Å²) in [4.78, 5) is 18.0. The number of rotatable bonds is 11. The van der Waals surface area contributed by atoms with Gasteiger partial charge < -0.3 is 10.1 Å². The number of fused-ring (bicyclic) bond motifs is 1. The lowest BCUT2D eigenvalue weighted by atomic mass is 10.2. The van der Waals surface area contributed by atoms with E-state index >= 15 is 0 Å². The van der Waals surface area contributed by atoms with Crippen molar-refractivity contribution >= 4 is 55.4 Å².